The molecule has 0 aromatic heterocycles. The maximum atomic E-state index is 12.9. The van der Waals surface area contributed by atoms with Crippen molar-refractivity contribution in [2.24, 2.45) is 0 Å². The second-order valence-electron chi connectivity index (χ2n) is 8.50. The summed E-state index contributed by atoms with van der Waals surface area (Å²) >= 11 is 0. The quantitative estimate of drug-likeness (QED) is 0.421. The summed E-state index contributed by atoms with van der Waals surface area (Å²) in [6.07, 6.45) is 0.245. The van der Waals surface area contributed by atoms with Crippen molar-refractivity contribution in [3.05, 3.63) is 95.6 Å². The Morgan fingerprint density at radius 1 is 0.857 bits per heavy atom. The van der Waals surface area contributed by atoms with Gasteiger partial charge in [-0.1, -0.05) is 92.2 Å². The van der Waals surface area contributed by atoms with Gasteiger partial charge in [-0.05, 0) is 34.2 Å². The summed E-state index contributed by atoms with van der Waals surface area (Å²) in [5.41, 5.74) is 4.89. The SMILES string of the molecule is CCC[C@@H](NC(=O)OCC1c2ccccc2-c2ccccc21)C(=O)N[C@@H](C(=O)O)c1ccccc1. The molecule has 7 heteroatoms. The molecule has 3 aromatic carbocycles. The van der Waals surface area contributed by atoms with Crippen LogP contribution in [-0.2, 0) is 14.3 Å². The predicted octanol–water partition coefficient (Wildman–Crippen LogP) is 4.64. The van der Waals surface area contributed by atoms with Crippen molar-refractivity contribution in [1.29, 1.82) is 0 Å². The highest BCUT2D eigenvalue weighted by Gasteiger charge is 2.30. The van der Waals surface area contributed by atoms with Gasteiger partial charge >= 0.3 is 12.1 Å². The van der Waals surface area contributed by atoms with Gasteiger partial charge in [-0.15, -0.1) is 0 Å². The van der Waals surface area contributed by atoms with Crippen LogP contribution in [0.1, 0.15) is 48.4 Å². The lowest BCUT2D eigenvalue weighted by molar-refractivity contribution is -0.142. The fourth-order valence-corrected chi connectivity index (χ4v) is 4.52. The first-order valence-electron chi connectivity index (χ1n) is 11.7. The summed E-state index contributed by atoms with van der Waals surface area (Å²) in [5, 5.41) is 14.8. The average Bonchev–Trinajstić information content (AvgIpc) is 3.19. The number of fused-ring (bicyclic) bond motifs is 3. The van der Waals surface area contributed by atoms with E-state index in [0.717, 1.165) is 22.3 Å². The molecule has 0 saturated heterocycles. The topological polar surface area (TPSA) is 105 Å². The van der Waals surface area contributed by atoms with Crippen LogP contribution in [0.3, 0.4) is 0 Å². The third kappa shape index (κ3) is 5.35. The number of carbonyl (C=O) groups is 3. The Labute approximate surface area is 204 Å². The lowest BCUT2D eigenvalue weighted by atomic mass is 9.98. The maximum absolute atomic E-state index is 12.9. The van der Waals surface area contributed by atoms with Gasteiger partial charge in [0.1, 0.15) is 12.6 Å². The van der Waals surface area contributed by atoms with E-state index in [0.29, 0.717) is 18.4 Å². The minimum atomic E-state index is -1.22. The molecule has 0 fully saturated rings. The number of carboxylic acids is 1. The van der Waals surface area contributed by atoms with Crippen LogP contribution in [0.15, 0.2) is 78.9 Å². The first-order chi connectivity index (χ1) is 17.0. The number of aliphatic carboxylic acids is 1. The van der Waals surface area contributed by atoms with E-state index in [-0.39, 0.29) is 12.5 Å². The van der Waals surface area contributed by atoms with E-state index in [2.05, 4.69) is 22.8 Å². The highest BCUT2D eigenvalue weighted by molar-refractivity contribution is 5.89. The molecule has 0 spiro atoms. The normalized spacial score (nSPS) is 13.7. The fourth-order valence-electron chi connectivity index (χ4n) is 4.52. The van der Waals surface area contributed by atoms with Gasteiger partial charge in [0.05, 0.1) is 0 Å². The molecule has 0 bridgehead atoms. The van der Waals surface area contributed by atoms with E-state index in [1.54, 1.807) is 30.3 Å². The smallest absolute Gasteiger partial charge is 0.407 e. The zero-order valence-electron chi connectivity index (χ0n) is 19.4. The lowest BCUT2D eigenvalue weighted by Gasteiger charge is -2.22. The van der Waals surface area contributed by atoms with E-state index in [9.17, 15) is 19.5 Å². The number of amides is 2. The predicted molar refractivity (Wildman–Crippen MR) is 132 cm³/mol. The maximum Gasteiger partial charge on any atom is 0.407 e. The Morgan fingerprint density at radius 2 is 1.43 bits per heavy atom. The monoisotopic (exact) mass is 472 g/mol. The Bertz CT molecular complexity index is 1170. The fraction of sp³-hybridized carbons (Fsp3) is 0.250. The zero-order valence-corrected chi connectivity index (χ0v) is 19.4. The van der Waals surface area contributed by atoms with Crippen LogP contribution in [0.2, 0.25) is 0 Å². The lowest BCUT2D eigenvalue weighted by Crippen LogP contribution is -2.49. The molecule has 0 saturated carbocycles. The third-order valence-corrected chi connectivity index (χ3v) is 6.20. The second kappa shape index (κ2) is 10.9. The van der Waals surface area contributed by atoms with Crippen LogP contribution >= 0.6 is 0 Å². The number of carbonyl (C=O) groups excluding carboxylic acids is 2. The molecule has 2 atom stereocenters. The summed E-state index contributed by atoms with van der Waals surface area (Å²) in [7, 11) is 0. The van der Waals surface area contributed by atoms with Gasteiger partial charge < -0.3 is 20.5 Å². The molecular weight excluding hydrogens is 444 g/mol. The van der Waals surface area contributed by atoms with Gasteiger partial charge in [0.15, 0.2) is 6.04 Å². The second-order valence-corrected chi connectivity index (χ2v) is 8.50. The molecular formula is C28H28N2O5. The summed E-state index contributed by atoms with van der Waals surface area (Å²) in [5.74, 6) is -1.85. The largest absolute Gasteiger partial charge is 0.479 e. The Kier molecular flexibility index (Phi) is 7.45. The molecule has 0 aliphatic heterocycles. The first kappa shape index (κ1) is 24.0. The molecule has 180 valence electrons. The third-order valence-electron chi connectivity index (χ3n) is 6.20. The zero-order chi connectivity index (χ0) is 24.8. The molecule has 0 radical (unpaired) electrons. The van der Waals surface area contributed by atoms with E-state index in [4.69, 9.17) is 4.74 Å². The number of hydrogen-bond donors (Lipinski definition) is 3. The van der Waals surface area contributed by atoms with Crippen LogP contribution in [0, 0.1) is 0 Å². The van der Waals surface area contributed by atoms with Crippen molar-refractivity contribution in [3.63, 3.8) is 0 Å². The summed E-state index contributed by atoms with van der Waals surface area (Å²) < 4.78 is 5.56. The highest BCUT2D eigenvalue weighted by Crippen LogP contribution is 2.44. The number of alkyl carbamates (subject to hydrolysis) is 1. The molecule has 4 rings (SSSR count). The molecule has 35 heavy (non-hydrogen) atoms. The molecule has 3 aromatic rings. The minimum absolute atomic E-state index is 0.0962. The standard InChI is InChI=1S/C28H28N2O5/c1-2-10-24(26(31)30-25(27(32)33)18-11-4-3-5-12-18)29-28(34)35-17-23-21-15-8-6-13-19(21)20-14-7-9-16-22(20)23/h3-9,11-16,23-25H,2,10,17H2,1H3,(H,29,34)(H,30,31)(H,32,33)/t24-,25-/m1/s1. The van der Waals surface area contributed by atoms with Crippen LogP contribution in [0.4, 0.5) is 4.79 Å². The Morgan fingerprint density at radius 3 is 2.00 bits per heavy atom. The van der Waals surface area contributed by atoms with Crippen molar-refractivity contribution < 1.29 is 24.2 Å². The van der Waals surface area contributed by atoms with E-state index < -0.39 is 30.1 Å². The van der Waals surface area contributed by atoms with E-state index in [1.807, 2.05) is 43.3 Å². The van der Waals surface area contributed by atoms with Gasteiger partial charge in [0, 0.05) is 5.92 Å². The molecule has 1 aliphatic rings. The number of rotatable bonds is 9. The molecule has 0 unspecified atom stereocenters. The number of nitrogens with one attached hydrogen (secondary N) is 2. The van der Waals surface area contributed by atoms with Crippen molar-refractivity contribution in [2.75, 3.05) is 6.61 Å². The summed E-state index contributed by atoms with van der Waals surface area (Å²) in [6.45, 7) is 2.01. The number of ether oxygens (including phenoxy) is 1. The summed E-state index contributed by atoms with van der Waals surface area (Å²) in [4.78, 5) is 37.3. The van der Waals surface area contributed by atoms with Crippen LogP contribution in [-0.4, -0.2) is 35.7 Å². The van der Waals surface area contributed by atoms with Gasteiger partial charge in [-0.2, -0.15) is 0 Å². The molecule has 7 nitrogen and oxygen atoms in total. The number of hydrogen-bond acceptors (Lipinski definition) is 4. The van der Waals surface area contributed by atoms with Crippen molar-refractivity contribution >= 4 is 18.0 Å². The van der Waals surface area contributed by atoms with Crippen molar-refractivity contribution in [1.82, 2.24) is 10.6 Å². The first-order valence-corrected chi connectivity index (χ1v) is 11.7. The average molecular weight is 473 g/mol. The van der Waals surface area contributed by atoms with Crippen LogP contribution < -0.4 is 10.6 Å². The molecule has 2 amide bonds. The van der Waals surface area contributed by atoms with Gasteiger partial charge in [0.2, 0.25) is 5.91 Å². The van der Waals surface area contributed by atoms with Crippen LogP contribution in [0.5, 0.6) is 0 Å². The number of carboxylic acid groups (broad SMARTS) is 1. The Hall–Kier alpha value is -4.13. The minimum Gasteiger partial charge on any atom is -0.479 e. The molecule has 3 N–H and O–H groups in total. The molecule has 1 aliphatic carbocycles. The molecule has 0 heterocycles. The number of benzene rings is 3. The van der Waals surface area contributed by atoms with Gasteiger partial charge in [-0.25, -0.2) is 9.59 Å². The van der Waals surface area contributed by atoms with E-state index in [1.165, 1.54) is 0 Å². The highest BCUT2D eigenvalue weighted by atomic mass is 16.5. The van der Waals surface area contributed by atoms with Gasteiger partial charge in [0.25, 0.3) is 0 Å². The van der Waals surface area contributed by atoms with Crippen molar-refractivity contribution in [2.45, 2.75) is 37.8 Å². The van der Waals surface area contributed by atoms with Gasteiger partial charge in [-0.3, -0.25) is 4.79 Å². The van der Waals surface area contributed by atoms with Crippen LogP contribution in [0.25, 0.3) is 11.1 Å². The van der Waals surface area contributed by atoms with E-state index >= 15 is 0 Å². The summed E-state index contributed by atoms with van der Waals surface area (Å²) in [6, 6.07) is 22.4. The van der Waals surface area contributed by atoms with Crippen molar-refractivity contribution in [3.8, 4) is 11.1 Å². The Balaban J connectivity index is 1.41.